The monoisotopic (exact) mass is 362 g/mol. The summed E-state index contributed by atoms with van der Waals surface area (Å²) in [4.78, 5) is 12.1. The molecule has 1 aromatic carbocycles. The number of anilines is 2. The van der Waals surface area contributed by atoms with Crippen molar-refractivity contribution in [1.82, 2.24) is 10.2 Å². The molecule has 0 aliphatic rings. The molecule has 2 heterocycles. The Kier molecular flexibility index (Phi) is 4.98. The molecular formula is C16H12Cl2N4O2. The molecule has 122 valence electrons. The summed E-state index contributed by atoms with van der Waals surface area (Å²) < 4.78 is 5.21. The molecule has 0 bridgehead atoms. The van der Waals surface area contributed by atoms with Crippen LogP contribution in [0.4, 0.5) is 11.5 Å². The molecule has 8 heteroatoms. The van der Waals surface area contributed by atoms with Crippen LogP contribution in [-0.2, 0) is 6.54 Å². The van der Waals surface area contributed by atoms with Crippen LogP contribution in [0.25, 0.3) is 0 Å². The number of hydrogen-bond acceptors (Lipinski definition) is 5. The minimum atomic E-state index is -0.390. The zero-order chi connectivity index (χ0) is 16.9. The van der Waals surface area contributed by atoms with Crippen LogP contribution in [0.2, 0.25) is 10.0 Å². The number of nitrogens with zero attached hydrogens (tertiary/aromatic N) is 2. The number of furan rings is 1. The van der Waals surface area contributed by atoms with Crippen LogP contribution in [0, 0.1) is 0 Å². The Hall–Kier alpha value is -2.57. The van der Waals surface area contributed by atoms with Gasteiger partial charge in [0.15, 0.2) is 5.69 Å². The molecule has 6 nitrogen and oxygen atoms in total. The van der Waals surface area contributed by atoms with Crippen molar-refractivity contribution in [3.05, 3.63) is 70.2 Å². The number of carbonyl (C=O) groups excluding carboxylic acids is 1. The van der Waals surface area contributed by atoms with Gasteiger partial charge in [-0.05, 0) is 42.5 Å². The van der Waals surface area contributed by atoms with Gasteiger partial charge in [0, 0.05) is 5.69 Å². The smallest absolute Gasteiger partial charge is 0.276 e. The van der Waals surface area contributed by atoms with E-state index in [1.807, 2.05) is 6.07 Å². The van der Waals surface area contributed by atoms with E-state index in [4.69, 9.17) is 27.6 Å². The van der Waals surface area contributed by atoms with Crippen molar-refractivity contribution in [2.45, 2.75) is 6.54 Å². The van der Waals surface area contributed by atoms with Crippen molar-refractivity contribution in [3.63, 3.8) is 0 Å². The lowest BCUT2D eigenvalue weighted by atomic mass is 10.3. The lowest BCUT2D eigenvalue weighted by molar-refractivity contribution is 0.102. The fourth-order valence-corrected chi connectivity index (χ4v) is 2.21. The van der Waals surface area contributed by atoms with E-state index in [1.54, 1.807) is 42.7 Å². The van der Waals surface area contributed by atoms with E-state index in [2.05, 4.69) is 20.8 Å². The third-order valence-corrected chi connectivity index (χ3v) is 3.84. The highest BCUT2D eigenvalue weighted by Crippen LogP contribution is 2.25. The number of benzene rings is 1. The van der Waals surface area contributed by atoms with Crippen LogP contribution in [0.5, 0.6) is 0 Å². The van der Waals surface area contributed by atoms with Crippen LogP contribution in [0.3, 0.4) is 0 Å². The topological polar surface area (TPSA) is 80.0 Å². The molecule has 2 aromatic heterocycles. The summed E-state index contributed by atoms with van der Waals surface area (Å²) in [5, 5.41) is 14.4. The van der Waals surface area contributed by atoms with Gasteiger partial charge < -0.3 is 15.1 Å². The lowest BCUT2D eigenvalue weighted by Crippen LogP contribution is -2.14. The minimum Gasteiger partial charge on any atom is -0.467 e. The molecule has 0 saturated heterocycles. The molecule has 0 aliphatic carbocycles. The number of aromatic nitrogens is 2. The Morgan fingerprint density at radius 3 is 2.62 bits per heavy atom. The molecule has 3 rings (SSSR count). The molecule has 0 unspecified atom stereocenters. The van der Waals surface area contributed by atoms with Gasteiger partial charge in [-0.2, -0.15) is 0 Å². The normalized spacial score (nSPS) is 10.4. The first-order valence-corrected chi connectivity index (χ1v) is 7.74. The molecule has 0 saturated carbocycles. The van der Waals surface area contributed by atoms with Gasteiger partial charge in [-0.15, -0.1) is 10.2 Å². The van der Waals surface area contributed by atoms with Crippen LogP contribution < -0.4 is 10.6 Å². The van der Waals surface area contributed by atoms with Crippen LogP contribution >= 0.6 is 23.2 Å². The Morgan fingerprint density at radius 2 is 1.96 bits per heavy atom. The highest BCUT2D eigenvalue weighted by molar-refractivity contribution is 6.42. The quantitative estimate of drug-likeness (QED) is 0.709. The summed E-state index contributed by atoms with van der Waals surface area (Å²) in [5.41, 5.74) is 0.709. The third-order valence-electron chi connectivity index (χ3n) is 3.10. The summed E-state index contributed by atoms with van der Waals surface area (Å²) in [6, 6.07) is 11.7. The number of amides is 1. The van der Waals surface area contributed by atoms with E-state index in [0.29, 0.717) is 28.1 Å². The van der Waals surface area contributed by atoms with Crippen LogP contribution in [-0.4, -0.2) is 16.1 Å². The van der Waals surface area contributed by atoms with Crippen molar-refractivity contribution in [3.8, 4) is 0 Å². The van der Waals surface area contributed by atoms with Gasteiger partial charge in [0.1, 0.15) is 11.6 Å². The standard InChI is InChI=1S/C16H12Cl2N4O2/c17-12-4-3-10(8-13(12)18)20-16(23)14-5-6-15(22-21-14)19-9-11-2-1-7-24-11/h1-8H,9H2,(H,19,22)(H,20,23). The second-order valence-corrected chi connectivity index (χ2v) is 5.63. The van der Waals surface area contributed by atoms with E-state index < -0.39 is 5.91 Å². The van der Waals surface area contributed by atoms with Crippen LogP contribution in [0.15, 0.2) is 53.1 Å². The molecular weight excluding hydrogens is 351 g/mol. The Bertz CT molecular complexity index is 836. The predicted molar refractivity (Wildman–Crippen MR) is 92.5 cm³/mol. The van der Waals surface area contributed by atoms with Crippen molar-refractivity contribution in [2.24, 2.45) is 0 Å². The predicted octanol–water partition coefficient (Wildman–Crippen LogP) is 4.24. The maximum absolute atomic E-state index is 12.1. The summed E-state index contributed by atoms with van der Waals surface area (Å²) >= 11 is 11.8. The minimum absolute atomic E-state index is 0.185. The number of rotatable bonds is 5. The maximum Gasteiger partial charge on any atom is 0.276 e. The van der Waals surface area contributed by atoms with Gasteiger partial charge in [0.25, 0.3) is 5.91 Å². The average molecular weight is 363 g/mol. The average Bonchev–Trinajstić information content (AvgIpc) is 3.10. The summed E-state index contributed by atoms with van der Waals surface area (Å²) in [6.07, 6.45) is 1.60. The largest absolute Gasteiger partial charge is 0.467 e. The molecule has 0 atom stereocenters. The number of carbonyl (C=O) groups is 1. The van der Waals surface area contributed by atoms with E-state index >= 15 is 0 Å². The molecule has 2 N–H and O–H groups in total. The van der Waals surface area contributed by atoms with Gasteiger partial charge in [-0.1, -0.05) is 23.2 Å². The lowest BCUT2D eigenvalue weighted by Gasteiger charge is -2.06. The van der Waals surface area contributed by atoms with Crippen molar-refractivity contribution >= 4 is 40.6 Å². The first-order chi connectivity index (χ1) is 11.6. The van der Waals surface area contributed by atoms with E-state index in [9.17, 15) is 4.79 Å². The Labute approximate surface area is 147 Å². The Morgan fingerprint density at radius 1 is 1.08 bits per heavy atom. The molecule has 0 fully saturated rings. The second kappa shape index (κ2) is 7.33. The number of halogens is 2. The van der Waals surface area contributed by atoms with Gasteiger partial charge in [-0.25, -0.2) is 0 Å². The molecule has 24 heavy (non-hydrogen) atoms. The molecule has 3 aromatic rings. The molecule has 0 aliphatic heterocycles. The van der Waals surface area contributed by atoms with Crippen LogP contribution in [0.1, 0.15) is 16.2 Å². The highest BCUT2D eigenvalue weighted by Gasteiger charge is 2.10. The fourth-order valence-electron chi connectivity index (χ4n) is 1.91. The van der Waals surface area contributed by atoms with Gasteiger partial charge in [-0.3, -0.25) is 4.79 Å². The summed E-state index contributed by atoms with van der Waals surface area (Å²) in [5.74, 6) is 0.925. The second-order valence-electron chi connectivity index (χ2n) is 4.82. The molecule has 1 amide bonds. The van der Waals surface area contributed by atoms with Crippen molar-refractivity contribution in [1.29, 1.82) is 0 Å². The van der Waals surface area contributed by atoms with E-state index in [-0.39, 0.29) is 5.69 Å². The van der Waals surface area contributed by atoms with Crippen molar-refractivity contribution < 1.29 is 9.21 Å². The first-order valence-electron chi connectivity index (χ1n) is 6.98. The third kappa shape index (κ3) is 4.04. The zero-order valence-electron chi connectivity index (χ0n) is 12.3. The summed E-state index contributed by atoms with van der Waals surface area (Å²) in [6.45, 7) is 0.483. The number of nitrogens with one attached hydrogen (secondary N) is 2. The molecule has 0 radical (unpaired) electrons. The van der Waals surface area contributed by atoms with Gasteiger partial charge in [0.2, 0.25) is 0 Å². The maximum atomic E-state index is 12.1. The molecule has 0 spiro atoms. The Balaban J connectivity index is 1.61. The zero-order valence-corrected chi connectivity index (χ0v) is 13.8. The van der Waals surface area contributed by atoms with Gasteiger partial charge >= 0.3 is 0 Å². The van der Waals surface area contributed by atoms with Crippen molar-refractivity contribution in [2.75, 3.05) is 10.6 Å². The highest BCUT2D eigenvalue weighted by atomic mass is 35.5. The summed E-state index contributed by atoms with van der Waals surface area (Å²) in [7, 11) is 0. The fraction of sp³-hybridized carbons (Fsp3) is 0.0625. The SMILES string of the molecule is O=C(Nc1ccc(Cl)c(Cl)c1)c1ccc(NCc2ccco2)nn1. The number of hydrogen-bond donors (Lipinski definition) is 2. The van der Waals surface area contributed by atoms with Gasteiger partial charge in [0.05, 0.1) is 22.9 Å². The van der Waals surface area contributed by atoms with E-state index in [0.717, 1.165) is 5.76 Å². The van der Waals surface area contributed by atoms with E-state index in [1.165, 1.54) is 0 Å². The first kappa shape index (κ1) is 16.3.